The van der Waals surface area contributed by atoms with E-state index in [-0.39, 0.29) is 0 Å². The minimum atomic E-state index is 0.472. The summed E-state index contributed by atoms with van der Waals surface area (Å²) in [5.41, 5.74) is 7.74. The average Bonchev–Trinajstić information content (AvgIpc) is 2.29. The summed E-state index contributed by atoms with van der Waals surface area (Å²) in [5, 5.41) is 1.14. The normalized spacial score (nSPS) is 12.9. The first-order chi connectivity index (χ1) is 7.31. The fraction of sp³-hybridized carbons (Fsp3) is 0.333. The second-order valence-electron chi connectivity index (χ2n) is 3.82. The summed E-state index contributed by atoms with van der Waals surface area (Å²) in [4.78, 5) is 8.42. The van der Waals surface area contributed by atoms with E-state index >= 15 is 0 Å². The standard InChI is InChI=1S/C12H15N3/c1-9(2-4-13)11-6-10-3-5-14-8-12(10)15-7-11/h3,5-9H,2,4,13H2,1H3. The predicted octanol–water partition coefficient (Wildman–Crippen LogP) is 2.08. The number of nitrogens with zero attached hydrogens (tertiary/aromatic N) is 2. The molecule has 0 amide bonds. The van der Waals surface area contributed by atoms with Crippen LogP contribution in [0.4, 0.5) is 0 Å². The van der Waals surface area contributed by atoms with E-state index in [0.29, 0.717) is 5.92 Å². The lowest BCUT2D eigenvalue weighted by molar-refractivity contribution is 0.688. The first kappa shape index (κ1) is 10.1. The van der Waals surface area contributed by atoms with Crippen LogP contribution in [0.3, 0.4) is 0 Å². The van der Waals surface area contributed by atoms with E-state index in [2.05, 4.69) is 23.0 Å². The molecule has 3 nitrogen and oxygen atoms in total. The van der Waals surface area contributed by atoms with Crippen LogP contribution in [-0.4, -0.2) is 16.5 Å². The molecule has 2 rings (SSSR count). The Morgan fingerprint density at radius 1 is 1.40 bits per heavy atom. The molecule has 0 saturated heterocycles. The van der Waals surface area contributed by atoms with Crippen molar-refractivity contribution in [3.63, 3.8) is 0 Å². The summed E-state index contributed by atoms with van der Waals surface area (Å²) >= 11 is 0. The highest BCUT2D eigenvalue weighted by Gasteiger charge is 2.05. The topological polar surface area (TPSA) is 51.8 Å². The molecule has 0 saturated carbocycles. The quantitative estimate of drug-likeness (QED) is 0.827. The number of pyridine rings is 2. The van der Waals surface area contributed by atoms with Gasteiger partial charge in [0, 0.05) is 17.8 Å². The van der Waals surface area contributed by atoms with Crippen molar-refractivity contribution >= 4 is 10.9 Å². The zero-order chi connectivity index (χ0) is 10.7. The van der Waals surface area contributed by atoms with E-state index in [9.17, 15) is 0 Å². The molecule has 0 aliphatic heterocycles. The molecule has 15 heavy (non-hydrogen) atoms. The van der Waals surface area contributed by atoms with Gasteiger partial charge >= 0.3 is 0 Å². The molecule has 2 heterocycles. The van der Waals surface area contributed by atoms with Gasteiger partial charge in [-0.3, -0.25) is 9.97 Å². The van der Waals surface area contributed by atoms with Crippen LogP contribution in [0.1, 0.15) is 24.8 Å². The molecule has 2 N–H and O–H groups in total. The zero-order valence-electron chi connectivity index (χ0n) is 8.85. The van der Waals surface area contributed by atoms with Gasteiger partial charge in [0.25, 0.3) is 0 Å². The maximum Gasteiger partial charge on any atom is 0.0885 e. The lowest BCUT2D eigenvalue weighted by atomic mass is 9.98. The molecule has 0 bridgehead atoms. The third-order valence-electron chi connectivity index (χ3n) is 2.68. The Morgan fingerprint density at radius 2 is 2.27 bits per heavy atom. The van der Waals surface area contributed by atoms with Gasteiger partial charge < -0.3 is 5.73 Å². The minimum Gasteiger partial charge on any atom is -0.330 e. The van der Waals surface area contributed by atoms with Gasteiger partial charge in [0.05, 0.1) is 11.7 Å². The summed E-state index contributed by atoms with van der Waals surface area (Å²) < 4.78 is 0. The molecule has 1 atom stereocenters. The Bertz CT molecular complexity index is 453. The fourth-order valence-electron chi connectivity index (χ4n) is 1.67. The summed E-state index contributed by atoms with van der Waals surface area (Å²) in [6.07, 6.45) is 6.50. The van der Waals surface area contributed by atoms with Crippen LogP contribution >= 0.6 is 0 Å². The van der Waals surface area contributed by atoms with Gasteiger partial charge in [0.15, 0.2) is 0 Å². The van der Waals surface area contributed by atoms with E-state index < -0.39 is 0 Å². The van der Waals surface area contributed by atoms with E-state index in [1.165, 1.54) is 5.56 Å². The number of hydrogen-bond donors (Lipinski definition) is 1. The van der Waals surface area contributed by atoms with Gasteiger partial charge in [-0.15, -0.1) is 0 Å². The molecule has 0 radical (unpaired) electrons. The van der Waals surface area contributed by atoms with Gasteiger partial charge in [-0.2, -0.15) is 0 Å². The van der Waals surface area contributed by atoms with Crippen molar-refractivity contribution in [3.8, 4) is 0 Å². The maximum absolute atomic E-state index is 5.55. The number of nitrogens with two attached hydrogens (primary N) is 1. The number of aromatic nitrogens is 2. The van der Waals surface area contributed by atoms with Crippen molar-refractivity contribution in [1.82, 2.24) is 9.97 Å². The highest BCUT2D eigenvalue weighted by Crippen LogP contribution is 2.20. The number of rotatable bonds is 3. The Hall–Kier alpha value is -1.48. The molecule has 0 aliphatic carbocycles. The van der Waals surface area contributed by atoms with Crippen molar-refractivity contribution in [2.24, 2.45) is 5.73 Å². The number of fused-ring (bicyclic) bond motifs is 1. The van der Waals surface area contributed by atoms with E-state index in [1.54, 1.807) is 12.4 Å². The van der Waals surface area contributed by atoms with Gasteiger partial charge in [0.1, 0.15) is 0 Å². The Kier molecular flexibility index (Phi) is 2.92. The third-order valence-corrected chi connectivity index (χ3v) is 2.68. The summed E-state index contributed by atoms with van der Waals surface area (Å²) in [6.45, 7) is 2.90. The second kappa shape index (κ2) is 4.36. The van der Waals surface area contributed by atoms with E-state index in [4.69, 9.17) is 5.73 Å². The van der Waals surface area contributed by atoms with Gasteiger partial charge in [0.2, 0.25) is 0 Å². The summed E-state index contributed by atoms with van der Waals surface area (Å²) in [6, 6.07) is 4.16. The molecule has 0 aliphatic rings. The Labute approximate surface area is 89.4 Å². The summed E-state index contributed by atoms with van der Waals surface area (Å²) in [7, 11) is 0. The molecule has 78 valence electrons. The van der Waals surface area contributed by atoms with Crippen molar-refractivity contribution in [3.05, 3.63) is 36.3 Å². The largest absolute Gasteiger partial charge is 0.330 e. The third kappa shape index (κ3) is 2.13. The highest BCUT2D eigenvalue weighted by molar-refractivity contribution is 5.77. The minimum absolute atomic E-state index is 0.472. The molecule has 3 heteroatoms. The van der Waals surface area contributed by atoms with Crippen LogP contribution in [0, 0.1) is 0 Å². The number of hydrogen-bond acceptors (Lipinski definition) is 3. The van der Waals surface area contributed by atoms with E-state index in [0.717, 1.165) is 23.9 Å². The van der Waals surface area contributed by atoms with Crippen LogP contribution in [0.25, 0.3) is 10.9 Å². The highest BCUT2D eigenvalue weighted by atomic mass is 14.7. The van der Waals surface area contributed by atoms with Crippen LogP contribution in [0.5, 0.6) is 0 Å². The molecule has 0 spiro atoms. The zero-order valence-corrected chi connectivity index (χ0v) is 8.85. The molecular weight excluding hydrogens is 186 g/mol. The summed E-state index contributed by atoms with van der Waals surface area (Å²) in [5.74, 6) is 0.472. The monoisotopic (exact) mass is 201 g/mol. The smallest absolute Gasteiger partial charge is 0.0885 e. The maximum atomic E-state index is 5.55. The second-order valence-corrected chi connectivity index (χ2v) is 3.82. The Balaban J connectivity index is 2.38. The van der Waals surface area contributed by atoms with Crippen molar-refractivity contribution < 1.29 is 0 Å². The van der Waals surface area contributed by atoms with Crippen LogP contribution in [0.2, 0.25) is 0 Å². The van der Waals surface area contributed by atoms with Gasteiger partial charge in [-0.05, 0) is 36.6 Å². The van der Waals surface area contributed by atoms with Crippen molar-refractivity contribution in [1.29, 1.82) is 0 Å². The van der Waals surface area contributed by atoms with Gasteiger partial charge in [-0.1, -0.05) is 6.92 Å². The molecule has 0 fully saturated rings. The van der Waals surface area contributed by atoms with E-state index in [1.807, 2.05) is 12.3 Å². The SMILES string of the molecule is CC(CCN)c1cnc2cnccc2c1. The predicted molar refractivity (Wildman–Crippen MR) is 61.6 cm³/mol. The van der Waals surface area contributed by atoms with Crippen LogP contribution in [-0.2, 0) is 0 Å². The molecular formula is C12H15N3. The average molecular weight is 201 g/mol. The first-order valence-electron chi connectivity index (χ1n) is 5.21. The van der Waals surface area contributed by atoms with Crippen LogP contribution in [0.15, 0.2) is 30.7 Å². The van der Waals surface area contributed by atoms with Crippen molar-refractivity contribution in [2.75, 3.05) is 6.54 Å². The molecule has 2 aromatic heterocycles. The fourth-order valence-corrected chi connectivity index (χ4v) is 1.67. The van der Waals surface area contributed by atoms with Crippen LogP contribution < -0.4 is 5.73 Å². The first-order valence-corrected chi connectivity index (χ1v) is 5.21. The molecule has 1 unspecified atom stereocenters. The molecule has 2 aromatic rings. The van der Waals surface area contributed by atoms with Crippen molar-refractivity contribution in [2.45, 2.75) is 19.3 Å². The van der Waals surface area contributed by atoms with Gasteiger partial charge in [-0.25, -0.2) is 0 Å². The Morgan fingerprint density at radius 3 is 3.07 bits per heavy atom. The lowest BCUT2D eigenvalue weighted by Gasteiger charge is -2.10. The molecule has 0 aromatic carbocycles. The lowest BCUT2D eigenvalue weighted by Crippen LogP contribution is -2.04.